The Bertz CT molecular complexity index is 752. The van der Waals surface area contributed by atoms with Crippen molar-refractivity contribution in [2.24, 2.45) is 5.10 Å². The van der Waals surface area contributed by atoms with Gasteiger partial charge < -0.3 is 0 Å². The number of benzene rings is 2. The van der Waals surface area contributed by atoms with Gasteiger partial charge in [0.2, 0.25) is 5.91 Å². The second-order valence-electron chi connectivity index (χ2n) is 5.20. The highest BCUT2D eigenvalue weighted by Crippen LogP contribution is 2.12. The van der Waals surface area contributed by atoms with Crippen molar-refractivity contribution in [2.45, 2.75) is 20.3 Å². The maximum absolute atomic E-state index is 11.9. The Balaban J connectivity index is 1.96. The third-order valence-corrected chi connectivity index (χ3v) is 3.30. The average Bonchev–Trinajstić information content (AvgIpc) is 2.53. The Kier molecular flexibility index (Phi) is 5.19. The zero-order valence-corrected chi connectivity index (χ0v) is 12.9. The van der Waals surface area contributed by atoms with Gasteiger partial charge in [-0.25, -0.2) is 5.43 Å². The van der Waals surface area contributed by atoms with Crippen LogP contribution in [0.5, 0.6) is 0 Å². The Morgan fingerprint density at radius 1 is 1.22 bits per heavy atom. The molecule has 118 valence electrons. The third-order valence-electron chi connectivity index (χ3n) is 3.30. The molecule has 2 aromatic rings. The molecule has 0 unspecified atom stereocenters. The van der Waals surface area contributed by atoms with Gasteiger partial charge in [0.25, 0.3) is 5.69 Å². The fraction of sp³-hybridized carbons (Fsp3) is 0.176. The Hall–Kier alpha value is -3.02. The second-order valence-corrected chi connectivity index (χ2v) is 5.20. The molecular formula is C17H17N3O3. The molecule has 0 heterocycles. The summed E-state index contributed by atoms with van der Waals surface area (Å²) in [6.07, 6.45) is 0.114. The van der Waals surface area contributed by atoms with E-state index in [0.717, 1.165) is 11.1 Å². The molecule has 0 atom stereocenters. The summed E-state index contributed by atoms with van der Waals surface area (Å²) >= 11 is 0. The molecule has 0 aliphatic heterocycles. The smallest absolute Gasteiger partial charge is 0.269 e. The van der Waals surface area contributed by atoms with Crippen molar-refractivity contribution in [3.05, 3.63) is 75.3 Å². The minimum Gasteiger partial charge on any atom is -0.273 e. The first kappa shape index (κ1) is 16.4. The van der Waals surface area contributed by atoms with Gasteiger partial charge in [-0.3, -0.25) is 14.9 Å². The molecule has 0 aliphatic carbocycles. The minimum atomic E-state index is -0.473. The summed E-state index contributed by atoms with van der Waals surface area (Å²) in [6.45, 7) is 3.81. The van der Waals surface area contributed by atoms with Crippen LogP contribution in [0.25, 0.3) is 0 Å². The summed E-state index contributed by atoms with van der Waals surface area (Å²) in [6, 6.07) is 13.7. The number of nitrogens with one attached hydrogen (secondary N) is 1. The number of carbonyl (C=O) groups excluding carboxylic acids is 1. The number of aryl methyl sites for hydroxylation is 1. The van der Waals surface area contributed by atoms with Gasteiger partial charge in [-0.05, 0) is 25.0 Å². The van der Waals surface area contributed by atoms with Crippen molar-refractivity contribution in [3.8, 4) is 0 Å². The summed E-state index contributed by atoms with van der Waals surface area (Å²) in [7, 11) is 0. The van der Waals surface area contributed by atoms with Crippen molar-refractivity contribution < 1.29 is 9.72 Å². The van der Waals surface area contributed by atoms with Crippen molar-refractivity contribution >= 4 is 17.3 Å². The number of rotatable bonds is 5. The largest absolute Gasteiger partial charge is 0.273 e. The lowest BCUT2D eigenvalue weighted by molar-refractivity contribution is -0.384. The standard InChI is InChI=1S/C17H17N3O3/c1-12-4-3-5-15(10-12)13(2)18-19-17(21)11-14-6-8-16(9-7-14)20(22)23/h3-10H,11H2,1-2H3,(H,19,21). The van der Waals surface area contributed by atoms with Crippen LogP contribution in [0.4, 0.5) is 5.69 Å². The predicted molar refractivity (Wildman–Crippen MR) is 88.3 cm³/mol. The first-order valence-corrected chi connectivity index (χ1v) is 7.09. The summed E-state index contributed by atoms with van der Waals surface area (Å²) in [5, 5.41) is 14.7. The summed E-state index contributed by atoms with van der Waals surface area (Å²) in [5.41, 5.74) is 5.97. The summed E-state index contributed by atoms with van der Waals surface area (Å²) < 4.78 is 0. The van der Waals surface area contributed by atoms with Crippen LogP contribution in [0.1, 0.15) is 23.6 Å². The first-order chi connectivity index (χ1) is 11.0. The Morgan fingerprint density at radius 2 is 1.91 bits per heavy atom. The molecule has 6 heteroatoms. The van der Waals surface area contributed by atoms with Crippen LogP contribution in [0.2, 0.25) is 0 Å². The highest BCUT2D eigenvalue weighted by Gasteiger charge is 2.07. The fourth-order valence-corrected chi connectivity index (χ4v) is 2.04. The molecule has 0 spiro atoms. The molecular weight excluding hydrogens is 294 g/mol. The van der Waals surface area contributed by atoms with E-state index < -0.39 is 4.92 Å². The van der Waals surface area contributed by atoms with E-state index in [1.165, 1.54) is 12.1 Å². The van der Waals surface area contributed by atoms with Crippen LogP contribution in [-0.2, 0) is 11.2 Å². The average molecular weight is 311 g/mol. The molecule has 2 aromatic carbocycles. The Labute approximate surface area is 134 Å². The number of hydrazone groups is 1. The molecule has 0 aromatic heterocycles. The lowest BCUT2D eigenvalue weighted by Gasteiger charge is -2.04. The Morgan fingerprint density at radius 3 is 2.52 bits per heavy atom. The van der Waals surface area contributed by atoms with Gasteiger partial charge >= 0.3 is 0 Å². The topological polar surface area (TPSA) is 84.6 Å². The molecule has 0 bridgehead atoms. The van der Waals surface area contributed by atoms with Gasteiger partial charge in [0.1, 0.15) is 0 Å². The number of hydrogen-bond acceptors (Lipinski definition) is 4. The number of carbonyl (C=O) groups is 1. The SMILES string of the molecule is CC(=NNC(=O)Cc1ccc([N+](=O)[O-])cc1)c1cccc(C)c1. The zero-order chi connectivity index (χ0) is 16.8. The number of amides is 1. The van der Waals surface area contributed by atoms with Crippen LogP contribution >= 0.6 is 0 Å². The van der Waals surface area contributed by atoms with Crippen molar-refractivity contribution in [2.75, 3.05) is 0 Å². The van der Waals surface area contributed by atoms with E-state index in [9.17, 15) is 14.9 Å². The number of nitro groups is 1. The predicted octanol–water partition coefficient (Wildman–Crippen LogP) is 2.99. The molecule has 2 rings (SSSR count). The van der Waals surface area contributed by atoms with E-state index in [0.29, 0.717) is 11.3 Å². The monoisotopic (exact) mass is 311 g/mol. The van der Waals surface area contributed by atoms with Gasteiger partial charge in [0, 0.05) is 12.1 Å². The van der Waals surface area contributed by atoms with Crippen LogP contribution in [0.3, 0.4) is 0 Å². The molecule has 0 radical (unpaired) electrons. The molecule has 0 fully saturated rings. The number of non-ortho nitro benzene ring substituents is 1. The van der Waals surface area contributed by atoms with E-state index in [4.69, 9.17) is 0 Å². The first-order valence-electron chi connectivity index (χ1n) is 7.09. The van der Waals surface area contributed by atoms with Crippen LogP contribution in [0, 0.1) is 17.0 Å². The number of nitro benzene ring substituents is 1. The maximum atomic E-state index is 11.9. The van der Waals surface area contributed by atoms with Crippen molar-refractivity contribution in [1.29, 1.82) is 0 Å². The molecule has 0 saturated heterocycles. The normalized spacial score (nSPS) is 11.1. The van der Waals surface area contributed by atoms with Gasteiger partial charge in [-0.1, -0.05) is 42.0 Å². The lowest BCUT2D eigenvalue weighted by atomic mass is 10.1. The molecule has 1 N–H and O–H groups in total. The third kappa shape index (κ3) is 4.74. The van der Waals surface area contributed by atoms with E-state index in [1.54, 1.807) is 12.1 Å². The number of nitrogens with zero attached hydrogens (tertiary/aromatic N) is 2. The molecule has 6 nitrogen and oxygen atoms in total. The van der Waals surface area contributed by atoms with Crippen LogP contribution in [-0.4, -0.2) is 16.5 Å². The van der Waals surface area contributed by atoms with Crippen LogP contribution < -0.4 is 5.43 Å². The number of hydrogen-bond donors (Lipinski definition) is 1. The highest BCUT2D eigenvalue weighted by atomic mass is 16.6. The molecule has 1 amide bonds. The lowest BCUT2D eigenvalue weighted by Crippen LogP contribution is -2.21. The molecule has 0 saturated carbocycles. The van der Waals surface area contributed by atoms with E-state index in [1.807, 2.05) is 38.1 Å². The van der Waals surface area contributed by atoms with E-state index in [-0.39, 0.29) is 18.0 Å². The van der Waals surface area contributed by atoms with Gasteiger partial charge in [0.15, 0.2) is 0 Å². The zero-order valence-electron chi connectivity index (χ0n) is 12.9. The molecule has 23 heavy (non-hydrogen) atoms. The van der Waals surface area contributed by atoms with Gasteiger partial charge in [-0.2, -0.15) is 5.10 Å². The summed E-state index contributed by atoms with van der Waals surface area (Å²) in [5.74, 6) is -0.272. The quantitative estimate of drug-likeness (QED) is 0.523. The fourth-order valence-electron chi connectivity index (χ4n) is 2.04. The minimum absolute atomic E-state index is 0.00229. The van der Waals surface area contributed by atoms with E-state index >= 15 is 0 Å². The highest BCUT2D eigenvalue weighted by molar-refractivity contribution is 5.99. The summed E-state index contributed by atoms with van der Waals surface area (Å²) in [4.78, 5) is 22.0. The van der Waals surface area contributed by atoms with E-state index in [2.05, 4.69) is 10.5 Å². The van der Waals surface area contributed by atoms with Crippen LogP contribution in [0.15, 0.2) is 53.6 Å². The van der Waals surface area contributed by atoms with Crippen molar-refractivity contribution in [1.82, 2.24) is 5.43 Å². The van der Waals surface area contributed by atoms with Crippen molar-refractivity contribution in [3.63, 3.8) is 0 Å². The second kappa shape index (κ2) is 7.31. The van der Waals surface area contributed by atoms with Gasteiger partial charge in [0.05, 0.1) is 17.1 Å². The maximum Gasteiger partial charge on any atom is 0.269 e. The van der Waals surface area contributed by atoms with Gasteiger partial charge in [-0.15, -0.1) is 0 Å². The molecule has 0 aliphatic rings.